The third-order valence-electron chi connectivity index (χ3n) is 5.42. The first-order valence-electron chi connectivity index (χ1n) is 10.6. The standard InChI is InChI=1S/C24H20N4O6S/c1-4-34-24(31)20-18-12-35-22(25-21(29)15-6-9-16(10-7-15)28(32)33)19(18)23(30)27(26-20)17-8-5-13(2)14(3)11-17/h5-12H,4H2,1-3H3,(H,25,29). The number of ether oxygens (including phenoxy) is 1. The molecule has 0 aliphatic rings. The van der Waals surface area contributed by atoms with E-state index in [9.17, 15) is 24.5 Å². The zero-order valence-electron chi connectivity index (χ0n) is 19.0. The lowest BCUT2D eigenvalue weighted by molar-refractivity contribution is -0.384. The number of aryl methyl sites for hydroxylation is 2. The van der Waals surface area contributed by atoms with E-state index in [0.29, 0.717) is 5.69 Å². The van der Waals surface area contributed by atoms with Gasteiger partial charge in [0.2, 0.25) is 0 Å². The molecule has 11 heteroatoms. The first kappa shape index (κ1) is 23.8. The lowest BCUT2D eigenvalue weighted by Crippen LogP contribution is -2.25. The number of nitro groups is 1. The van der Waals surface area contributed by atoms with Crippen molar-refractivity contribution in [3.05, 3.63) is 90.7 Å². The third kappa shape index (κ3) is 4.53. The molecule has 0 unspecified atom stereocenters. The predicted octanol–water partition coefficient (Wildman–Crippen LogP) is 4.40. The summed E-state index contributed by atoms with van der Waals surface area (Å²) in [5.41, 5.74) is 1.88. The van der Waals surface area contributed by atoms with Crippen LogP contribution in [0.1, 0.15) is 38.9 Å². The first-order valence-corrected chi connectivity index (χ1v) is 11.4. The molecule has 2 heterocycles. The number of non-ortho nitro benzene ring substituents is 1. The van der Waals surface area contributed by atoms with E-state index < -0.39 is 22.4 Å². The van der Waals surface area contributed by atoms with Gasteiger partial charge in [0.25, 0.3) is 17.2 Å². The van der Waals surface area contributed by atoms with E-state index in [2.05, 4.69) is 10.4 Å². The molecule has 0 bridgehead atoms. The molecule has 0 atom stereocenters. The van der Waals surface area contributed by atoms with Crippen LogP contribution >= 0.6 is 11.3 Å². The number of fused-ring (bicyclic) bond motifs is 1. The van der Waals surface area contributed by atoms with E-state index in [1.54, 1.807) is 24.4 Å². The van der Waals surface area contributed by atoms with Crippen LogP contribution in [0.25, 0.3) is 16.5 Å². The number of hydrogen-bond acceptors (Lipinski definition) is 8. The van der Waals surface area contributed by atoms with Crippen molar-refractivity contribution in [2.45, 2.75) is 20.8 Å². The van der Waals surface area contributed by atoms with Crippen LogP contribution in [-0.2, 0) is 4.74 Å². The van der Waals surface area contributed by atoms with Crippen LogP contribution in [0.4, 0.5) is 10.7 Å². The maximum Gasteiger partial charge on any atom is 0.359 e. The quantitative estimate of drug-likeness (QED) is 0.239. The van der Waals surface area contributed by atoms with Gasteiger partial charge in [-0.3, -0.25) is 19.7 Å². The molecule has 4 aromatic rings. The topological polar surface area (TPSA) is 133 Å². The number of hydrogen-bond donors (Lipinski definition) is 1. The molecule has 0 fully saturated rings. The molecule has 0 aliphatic heterocycles. The number of rotatable bonds is 6. The minimum atomic E-state index is -0.693. The monoisotopic (exact) mass is 492 g/mol. The number of esters is 1. The van der Waals surface area contributed by atoms with Crippen LogP contribution in [0.3, 0.4) is 0 Å². The molecular weight excluding hydrogens is 472 g/mol. The minimum absolute atomic E-state index is 0.0493. The summed E-state index contributed by atoms with van der Waals surface area (Å²) >= 11 is 1.07. The van der Waals surface area contributed by atoms with Gasteiger partial charge < -0.3 is 10.1 Å². The van der Waals surface area contributed by atoms with E-state index >= 15 is 0 Å². The normalized spacial score (nSPS) is 10.8. The molecule has 0 spiro atoms. The summed E-state index contributed by atoms with van der Waals surface area (Å²) in [4.78, 5) is 49.3. The van der Waals surface area contributed by atoms with E-state index in [1.807, 2.05) is 19.9 Å². The van der Waals surface area contributed by atoms with Gasteiger partial charge in [-0.2, -0.15) is 9.78 Å². The van der Waals surface area contributed by atoms with Crippen molar-refractivity contribution in [2.75, 3.05) is 11.9 Å². The number of aromatic nitrogens is 2. The number of anilines is 1. The number of nitrogens with one attached hydrogen (secondary N) is 1. The second-order valence-electron chi connectivity index (χ2n) is 7.67. The van der Waals surface area contributed by atoms with Crippen LogP contribution in [0.15, 0.2) is 52.6 Å². The summed E-state index contributed by atoms with van der Waals surface area (Å²) in [6, 6.07) is 10.4. The molecule has 35 heavy (non-hydrogen) atoms. The fourth-order valence-corrected chi connectivity index (χ4v) is 4.37. The molecule has 10 nitrogen and oxygen atoms in total. The largest absolute Gasteiger partial charge is 0.461 e. The van der Waals surface area contributed by atoms with Crippen molar-refractivity contribution in [3.8, 4) is 5.69 Å². The third-order valence-corrected chi connectivity index (χ3v) is 6.32. The molecule has 0 saturated carbocycles. The number of nitro benzene ring substituents is 1. The highest BCUT2D eigenvalue weighted by molar-refractivity contribution is 7.16. The summed E-state index contributed by atoms with van der Waals surface area (Å²) < 4.78 is 6.27. The van der Waals surface area contributed by atoms with Gasteiger partial charge >= 0.3 is 5.97 Å². The van der Waals surface area contributed by atoms with Gasteiger partial charge in [-0.1, -0.05) is 6.07 Å². The van der Waals surface area contributed by atoms with Crippen LogP contribution in [-0.4, -0.2) is 33.2 Å². The highest BCUT2D eigenvalue weighted by Crippen LogP contribution is 2.31. The zero-order valence-corrected chi connectivity index (χ0v) is 19.8. The molecule has 2 aromatic carbocycles. The molecule has 1 N–H and O–H groups in total. The van der Waals surface area contributed by atoms with Crippen molar-refractivity contribution in [3.63, 3.8) is 0 Å². The lowest BCUT2D eigenvalue weighted by atomic mass is 10.1. The first-order chi connectivity index (χ1) is 16.7. The molecule has 0 aliphatic carbocycles. The number of carbonyl (C=O) groups excluding carboxylic acids is 2. The zero-order chi connectivity index (χ0) is 25.3. The summed E-state index contributed by atoms with van der Waals surface area (Å²) in [5.74, 6) is -1.25. The van der Waals surface area contributed by atoms with Gasteiger partial charge in [0, 0.05) is 28.5 Å². The van der Waals surface area contributed by atoms with Gasteiger partial charge in [-0.15, -0.1) is 11.3 Å². The molecule has 0 saturated heterocycles. The number of nitrogens with zero attached hydrogens (tertiary/aromatic N) is 3. The number of thiophene rings is 1. The smallest absolute Gasteiger partial charge is 0.359 e. The van der Waals surface area contributed by atoms with Gasteiger partial charge in [-0.25, -0.2) is 4.79 Å². The van der Waals surface area contributed by atoms with Crippen LogP contribution in [0.5, 0.6) is 0 Å². The van der Waals surface area contributed by atoms with Gasteiger partial charge in [0.1, 0.15) is 5.00 Å². The Morgan fingerprint density at radius 1 is 1.14 bits per heavy atom. The predicted molar refractivity (Wildman–Crippen MR) is 132 cm³/mol. The Morgan fingerprint density at radius 2 is 1.86 bits per heavy atom. The second-order valence-corrected chi connectivity index (χ2v) is 8.55. The van der Waals surface area contributed by atoms with E-state index in [0.717, 1.165) is 27.1 Å². The Hall–Kier alpha value is -4.38. The van der Waals surface area contributed by atoms with Crippen LogP contribution in [0, 0.1) is 24.0 Å². The van der Waals surface area contributed by atoms with E-state index in [-0.39, 0.29) is 39.3 Å². The summed E-state index contributed by atoms with van der Waals surface area (Å²) in [6.45, 7) is 5.62. The van der Waals surface area contributed by atoms with E-state index in [1.165, 1.54) is 24.3 Å². The van der Waals surface area contributed by atoms with E-state index in [4.69, 9.17) is 4.74 Å². The number of carbonyl (C=O) groups is 2. The van der Waals surface area contributed by atoms with Crippen LogP contribution < -0.4 is 10.9 Å². The summed E-state index contributed by atoms with van der Waals surface area (Å²) in [5, 5.41) is 20.0. The summed E-state index contributed by atoms with van der Waals surface area (Å²) in [7, 11) is 0. The van der Waals surface area contributed by atoms with Gasteiger partial charge in [0.15, 0.2) is 5.69 Å². The highest BCUT2D eigenvalue weighted by Gasteiger charge is 2.23. The SMILES string of the molecule is CCOC(=O)c1nn(-c2ccc(C)c(C)c2)c(=O)c2c(NC(=O)c3ccc([N+](=O)[O-])cc3)scc12. The Balaban J connectivity index is 1.84. The molecule has 1 amide bonds. The maximum absolute atomic E-state index is 13.5. The Morgan fingerprint density at radius 3 is 2.49 bits per heavy atom. The van der Waals surface area contributed by atoms with Gasteiger partial charge in [0.05, 0.1) is 22.6 Å². The van der Waals surface area contributed by atoms with Crippen molar-refractivity contribution < 1.29 is 19.2 Å². The Kier molecular flexibility index (Phi) is 6.43. The second kappa shape index (κ2) is 9.47. The number of amides is 1. The molecular formula is C24H20N4O6S. The molecule has 0 radical (unpaired) electrons. The number of benzene rings is 2. The maximum atomic E-state index is 13.5. The fraction of sp³-hybridized carbons (Fsp3) is 0.167. The molecule has 178 valence electrons. The Bertz CT molecular complexity index is 1540. The summed E-state index contributed by atoms with van der Waals surface area (Å²) in [6.07, 6.45) is 0. The van der Waals surface area contributed by atoms with Crippen molar-refractivity contribution in [1.82, 2.24) is 9.78 Å². The average molecular weight is 493 g/mol. The highest BCUT2D eigenvalue weighted by atomic mass is 32.1. The lowest BCUT2D eigenvalue weighted by Gasteiger charge is -2.11. The van der Waals surface area contributed by atoms with Crippen molar-refractivity contribution >= 4 is 44.7 Å². The van der Waals surface area contributed by atoms with Crippen molar-refractivity contribution in [1.29, 1.82) is 0 Å². The average Bonchev–Trinajstić information content (AvgIpc) is 3.25. The minimum Gasteiger partial charge on any atom is -0.461 e. The van der Waals surface area contributed by atoms with Gasteiger partial charge in [-0.05, 0) is 56.2 Å². The van der Waals surface area contributed by atoms with Crippen molar-refractivity contribution in [2.24, 2.45) is 0 Å². The fourth-order valence-electron chi connectivity index (χ4n) is 3.43. The van der Waals surface area contributed by atoms with Crippen LogP contribution in [0.2, 0.25) is 0 Å². The Labute approximate surface area is 202 Å². The molecule has 4 rings (SSSR count). The molecule has 2 aromatic heterocycles.